The number of nitrogens with one attached hydrogen (secondary N) is 2. The number of hydrogen-bond acceptors (Lipinski definition) is 3. The summed E-state index contributed by atoms with van der Waals surface area (Å²) >= 11 is 3.34. The van der Waals surface area contributed by atoms with Gasteiger partial charge in [-0.3, -0.25) is 9.59 Å². The number of hydrogen-bond donors (Lipinski definition) is 3. The molecule has 1 heterocycles. The smallest absolute Gasteiger partial charge is 0.305 e. The summed E-state index contributed by atoms with van der Waals surface area (Å²) in [5, 5.41) is 11.9. The Kier molecular flexibility index (Phi) is 4.61. The van der Waals surface area contributed by atoms with Gasteiger partial charge < -0.3 is 15.4 Å². The molecule has 0 saturated carbocycles. The summed E-state index contributed by atoms with van der Waals surface area (Å²) in [5.41, 5.74) is 2.44. The molecule has 1 amide bonds. The summed E-state index contributed by atoms with van der Waals surface area (Å²) in [6, 6.07) is 11.8. The van der Waals surface area contributed by atoms with Gasteiger partial charge in [0.1, 0.15) is 5.52 Å². The van der Waals surface area contributed by atoms with Crippen LogP contribution in [-0.4, -0.2) is 27.0 Å². The molecule has 24 heavy (non-hydrogen) atoms. The summed E-state index contributed by atoms with van der Waals surface area (Å²) in [6.07, 6.45) is 1.31. The predicted octanol–water partition coefficient (Wildman–Crippen LogP) is 3.27. The fourth-order valence-corrected chi connectivity index (χ4v) is 2.77. The van der Waals surface area contributed by atoms with Crippen molar-refractivity contribution in [2.45, 2.75) is 12.5 Å². The Balaban J connectivity index is 1.89. The molecule has 3 N–H and O–H groups in total. The molecule has 3 aromatic rings. The number of nitrogens with zero attached hydrogens (tertiary/aromatic N) is 1. The lowest BCUT2D eigenvalue weighted by Gasteiger charge is -2.18. The third-order valence-electron chi connectivity index (χ3n) is 3.65. The minimum atomic E-state index is -0.985. The number of rotatable bonds is 5. The van der Waals surface area contributed by atoms with Crippen LogP contribution in [0, 0.1) is 0 Å². The second kappa shape index (κ2) is 6.84. The van der Waals surface area contributed by atoms with Crippen molar-refractivity contribution in [3.8, 4) is 0 Å². The van der Waals surface area contributed by atoms with Crippen molar-refractivity contribution in [1.29, 1.82) is 0 Å². The van der Waals surface area contributed by atoms with Crippen LogP contribution < -0.4 is 5.32 Å². The summed E-state index contributed by atoms with van der Waals surface area (Å²) in [6.45, 7) is 0. The highest BCUT2D eigenvalue weighted by atomic mass is 79.9. The van der Waals surface area contributed by atoms with Gasteiger partial charge >= 0.3 is 5.97 Å². The second-order valence-electron chi connectivity index (χ2n) is 5.28. The maximum absolute atomic E-state index is 12.6. The second-order valence-corrected chi connectivity index (χ2v) is 6.20. The molecule has 7 heteroatoms. The van der Waals surface area contributed by atoms with E-state index in [0.29, 0.717) is 11.1 Å². The van der Waals surface area contributed by atoms with E-state index in [1.54, 1.807) is 24.3 Å². The average molecular weight is 388 g/mol. The van der Waals surface area contributed by atoms with Gasteiger partial charge in [-0.2, -0.15) is 0 Å². The molecule has 1 atom stereocenters. The molecule has 0 aliphatic heterocycles. The predicted molar refractivity (Wildman–Crippen MR) is 92.7 cm³/mol. The van der Waals surface area contributed by atoms with Gasteiger partial charge in [-0.05, 0) is 29.8 Å². The van der Waals surface area contributed by atoms with E-state index in [9.17, 15) is 9.59 Å². The minimum absolute atomic E-state index is 0.204. The third-order valence-corrected chi connectivity index (χ3v) is 4.18. The molecule has 0 radical (unpaired) electrons. The number of halogens is 1. The highest BCUT2D eigenvalue weighted by molar-refractivity contribution is 9.10. The molecule has 0 spiro atoms. The fraction of sp³-hybridized carbons (Fsp3) is 0.118. The van der Waals surface area contributed by atoms with Gasteiger partial charge in [0.25, 0.3) is 5.91 Å². The standard InChI is InChI=1S/C17H14BrN3O3/c18-11-6-4-10(5-7-11)14(8-15(22)23)21-17(24)12-2-1-3-13-16(12)20-9-19-13/h1-7,9,14H,8H2,(H,19,20)(H,21,24)(H,22,23)/t14-/m1/s1. The number of para-hydroxylation sites is 1. The Morgan fingerprint density at radius 3 is 2.67 bits per heavy atom. The maximum Gasteiger partial charge on any atom is 0.305 e. The van der Waals surface area contributed by atoms with Gasteiger partial charge in [-0.15, -0.1) is 0 Å². The molecule has 0 saturated heterocycles. The first-order chi connectivity index (χ1) is 11.5. The number of H-pyrrole nitrogens is 1. The Labute approximate surface area is 146 Å². The maximum atomic E-state index is 12.6. The first-order valence-corrected chi connectivity index (χ1v) is 8.04. The molecule has 2 aromatic carbocycles. The molecular formula is C17H14BrN3O3. The number of carbonyl (C=O) groups excluding carboxylic acids is 1. The van der Waals surface area contributed by atoms with Crippen LogP contribution >= 0.6 is 15.9 Å². The lowest BCUT2D eigenvalue weighted by atomic mass is 10.0. The number of benzene rings is 2. The average Bonchev–Trinajstić information content (AvgIpc) is 3.03. The van der Waals surface area contributed by atoms with E-state index in [0.717, 1.165) is 15.6 Å². The van der Waals surface area contributed by atoms with Crippen LogP contribution in [0.3, 0.4) is 0 Å². The van der Waals surface area contributed by atoms with Gasteiger partial charge in [-0.1, -0.05) is 34.1 Å². The van der Waals surface area contributed by atoms with Gasteiger partial charge in [0.05, 0.1) is 29.9 Å². The van der Waals surface area contributed by atoms with Crippen LogP contribution in [0.2, 0.25) is 0 Å². The number of aliphatic carboxylic acids is 1. The van der Waals surface area contributed by atoms with E-state index >= 15 is 0 Å². The van der Waals surface area contributed by atoms with Crippen LogP contribution in [0.1, 0.15) is 28.4 Å². The number of imidazole rings is 1. The Morgan fingerprint density at radius 2 is 1.96 bits per heavy atom. The number of carbonyl (C=O) groups is 2. The number of carboxylic acid groups (broad SMARTS) is 1. The minimum Gasteiger partial charge on any atom is -0.481 e. The summed E-state index contributed by atoms with van der Waals surface area (Å²) in [7, 11) is 0. The molecule has 122 valence electrons. The summed E-state index contributed by atoms with van der Waals surface area (Å²) in [4.78, 5) is 30.9. The van der Waals surface area contributed by atoms with Crippen LogP contribution in [0.15, 0.2) is 53.3 Å². The van der Waals surface area contributed by atoms with Gasteiger partial charge in [0.15, 0.2) is 0 Å². The van der Waals surface area contributed by atoms with Crippen molar-refractivity contribution in [3.63, 3.8) is 0 Å². The molecule has 0 bridgehead atoms. The molecule has 0 unspecified atom stereocenters. The quantitative estimate of drug-likeness (QED) is 0.625. The molecule has 0 aliphatic carbocycles. The molecule has 6 nitrogen and oxygen atoms in total. The SMILES string of the molecule is O=C(O)C[C@@H](NC(=O)c1cccc2[nH]cnc12)c1ccc(Br)cc1. The highest BCUT2D eigenvalue weighted by Crippen LogP contribution is 2.22. The van der Waals surface area contributed by atoms with Crippen LogP contribution in [0.25, 0.3) is 11.0 Å². The van der Waals surface area contributed by atoms with Gasteiger partial charge in [-0.25, -0.2) is 4.98 Å². The van der Waals surface area contributed by atoms with Crippen molar-refractivity contribution in [1.82, 2.24) is 15.3 Å². The van der Waals surface area contributed by atoms with Gasteiger partial charge in [0.2, 0.25) is 0 Å². The van der Waals surface area contributed by atoms with Crippen molar-refractivity contribution in [2.24, 2.45) is 0 Å². The topological polar surface area (TPSA) is 95.1 Å². The number of aromatic nitrogens is 2. The van der Waals surface area contributed by atoms with E-state index in [-0.39, 0.29) is 12.3 Å². The van der Waals surface area contributed by atoms with Gasteiger partial charge in [0, 0.05) is 4.47 Å². The van der Waals surface area contributed by atoms with Crippen molar-refractivity contribution in [2.75, 3.05) is 0 Å². The van der Waals surface area contributed by atoms with Crippen molar-refractivity contribution >= 4 is 38.8 Å². The third kappa shape index (κ3) is 3.46. The molecule has 3 rings (SSSR count). The normalized spacial score (nSPS) is 12.0. The van der Waals surface area contributed by atoms with E-state index in [2.05, 4.69) is 31.2 Å². The first kappa shape index (κ1) is 16.2. The summed E-state index contributed by atoms with van der Waals surface area (Å²) in [5.74, 6) is -1.34. The van der Waals surface area contributed by atoms with E-state index < -0.39 is 12.0 Å². The lowest BCUT2D eigenvalue weighted by Crippen LogP contribution is -2.30. The van der Waals surface area contributed by atoms with Crippen LogP contribution in [0.5, 0.6) is 0 Å². The van der Waals surface area contributed by atoms with E-state index in [1.807, 2.05) is 18.2 Å². The molecular weight excluding hydrogens is 374 g/mol. The molecule has 0 aliphatic rings. The number of carboxylic acids is 1. The van der Waals surface area contributed by atoms with Crippen molar-refractivity contribution < 1.29 is 14.7 Å². The van der Waals surface area contributed by atoms with Crippen LogP contribution in [-0.2, 0) is 4.79 Å². The molecule has 0 fully saturated rings. The zero-order valence-corrected chi connectivity index (χ0v) is 14.1. The largest absolute Gasteiger partial charge is 0.481 e. The van der Waals surface area contributed by atoms with Crippen molar-refractivity contribution in [3.05, 3.63) is 64.4 Å². The highest BCUT2D eigenvalue weighted by Gasteiger charge is 2.20. The van der Waals surface area contributed by atoms with E-state index in [4.69, 9.17) is 5.11 Å². The number of aromatic amines is 1. The Hall–Kier alpha value is -2.67. The summed E-state index contributed by atoms with van der Waals surface area (Å²) < 4.78 is 0.882. The monoisotopic (exact) mass is 387 g/mol. The Morgan fingerprint density at radius 1 is 1.21 bits per heavy atom. The Bertz CT molecular complexity index is 889. The first-order valence-electron chi connectivity index (χ1n) is 7.25. The van der Waals surface area contributed by atoms with E-state index in [1.165, 1.54) is 6.33 Å². The number of amides is 1. The zero-order chi connectivity index (χ0) is 17.1. The van der Waals surface area contributed by atoms with Crippen LogP contribution in [0.4, 0.5) is 0 Å². The molecule has 1 aromatic heterocycles. The fourth-order valence-electron chi connectivity index (χ4n) is 2.51. The number of fused-ring (bicyclic) bond motifs is 1. The zero-order valence-electron chi connectivity index (χ0n) is 12.5. The lowest BCUT2D eigenvalue weighted by molar-refractivity contribution is -0.137.